The van der Waals surface area contributed by atoms with E-state index in [2.05, 4.69) is 10.3 Å². The highest BCUT2D eigenvalue weighted by Crippen LogP contribution is 2.32. The van der Waals surface area contributed by atoms with Crippen molar-refractivity contribution in [2.45, 2.75) is 32.7 Å². The van der Waals surface area contributed by atoms with Gasteiger partial charge in [0.2, 0.25) is 0 Å². The van der Waals surface area contributed by atoms with E-state index >= 15 is 0 Å². The summed E-state index contributed by atoms with van der Waals surface area (Å²) < 4.78 is 5.93. The van der Waals surface area contributed by atoms with Crippen molar-refractivity contribution in [1.82, 2.24) is 10.3 Å². The van der Waals surface area contributed by atoms with Crippen LogP contribution in [0.2, 0.25) is 4.34 Å². The quantitative estimate of drug-likeness (QED) is 0.545. The first kappa shape index (κ1) is 20.3. The number of benzene rings is 1. The van der Waals surface area contributed by atoms with E-state index in [-0.39, 0.29) is 18.6 Å². The van der Waals surface area contributed by atoms with Crippen LogP contribution in [0.25, 0.3) is 21.5 Å². The van der Waals surface area contributed by atoms with Gasteiger partial charge in [-0.15, -0.1) is 11.3 Å². The zero-order valence-corrected chi connectivity index (χ0v) is 17.3. The molecule has 3 rings (SSSR count). The number of ether oxygens (including phenoxy) is 1. The van der Waals surface area contributed by atoms with Gasteiger partial charge in [-0.1, -0.05) is 43.6 Å². The minimum Gasteiger partial charge on any atom is -0.452 e. The van der Waals surface area contributed by atoms with E-state index in [0.29, 0.717) is 26.5 Å². The number of rotatable bonds is 7. The lowest BCUT2D eigenvalue weighted by Crippen LogP contribution is -2.36. The molecular weight excluding hydrogens is 396 g/mol. The van der Waals surface area contributed by atoms with Crippen LogP contribution < -0.4 is 5.32 Å². The Morgan fingerprint density at radius 2 is 1.93 bits per heavy atom. The molecule has 0 spiro atoms. The fourth-order valence-corrected chi connectivity index (χ4v) is 3.90. The summed E-state index contributed by atoms with van der Waals surface area (Å²) >= 11 is 7.42. The van der Waals surface area contributed by atoms with Gasteiger partial charge < -0.3 is 10.1 Å². The molecule has 0 atom stereocenters. The Morgan fingerprint density at radius 1 is 1.18 bits per heavy atom. The van der Waals surface area contributed by atoms with Crippen LogP contribution in [0.5, 0.6) is 0 Å². The van der Waals surface area contributed by atoms with Gasteiger partial charge in [-0.25, -0.2) is 9.78 Å². The number of hydrogen-bond donors (Lipinski definition) is 1. The third-order valence-corrected chi connectivity index (χ3v) is 5.70. The number of amides is 1. The molecule has 2 aromatic heterocycles. The van der Waals surface area contributed by atoms with Crippen molar-refractivity contribution >= 4 is 45.7 Å². The van der Waals surface area contributed by atoms with Crippen LogP contribution in [-0.2, 0) is 9.53 Å². The molecular formula is C21H21ClN2O3S. The van der Waals surface area contributed by atoms with Crippen LogP contribution in [0.4, 0.5) is 0 Å². The van der Waals surface area contributed by atoms with Gasteiger partial charge in [-0.2, -0.15) is 0 Å². The van der Waals surface area contributed by atoms with Crippen molar-refractivity contribution in [3.8, 4) is 10.6 Å². The zero-order valence-electron chi connectivity index (χ0n) is 15.7. The number of aromatic nitrogens is 1. The molecule has 2 heterocycles. The molecule has 7 heteroatoms. The topological polar surface area (TPSA) is 68.3 Å². The Morgan fingerprint density at radius 3 is 2.61 bits per heavy atom. The molecule has 0 aliphatic rings. The first-order chi connectivity index (χ1) is 13.5. The summed E-state index contributed by atoms with van der Waals surface area (Å²) in [5.41, 5.74) is 1.70. The smallest absolute Gasteiger partial charge is 0.339 e. The predicted molar refractivity (Wildman–Crippen MR) is 113 cm³/mol. The molecule has 0 aliphatic carbocycles. The third-order valence-electron chi connectivity index (χ3n) is 4.45. The maximum Gasteiger partial charge on any atom is 0.339 e. The average Bonchev–Trinajstić information content (AvgIpc) is 3.15. The van der Waals surface area contributed by atoms with Crippen LogP contribution in [0.15, 0.2) is 42.5 Å². The molecule has 0 aliphatic heterocycles. The van der Waals surface area contributed by atoms with E-state index in [1.807, 2.05) is 44.2 Å². The SMILES string of the molecule is CCC(CC)NC(=O)COC(=O)c1cc(-c2ccc(Cl)s2)nc2ccccc12. The average molecular weight is 417 g/mol. The summed E-state index contributed by atoms with van der Waals surface area (Å²) in [6.45, 7) is 3.69. The van der Waals surface area contributed by atoms with Crippen molar-refractivity contribution < 1.29 is 14.3 Å². The standard InChI is InChI=1S/C21H21ClN2O3S/c1-3-13(4-2)23-20(25)12-27-21(26)15-11-17(18-9-10-19(22)28-18)24-16-8-6-5-7-14(15)16/h5-11,13H,3-4,12H2,1-2H3,(H,23,25). The molecule has 0 fully saturated rings. The number of para-hydroxylation sites is 1. The molecule has 1 aromatic carbocycles. The largest absolute Gasteiger partial charge is 0.452 e. The molecule has 146 valence electrons. The highest BCUT2D eigenvalue weighted by Gasteiger charge is 2.18. The second-order valence-corrected chi connectivity index (χ2v) is 8.05. The number of halogens is 1. The summed E-state index contributed by atoms with van der Waals surface area (Å²) in [5.74, 6) is -0.854. The van der Waals surface area contributed by atoms with Crippen molar-refractivity contribution in [1.29, 1.82) is 0 Å². The number of esters is 1. The zero-order chi connectivity index (χ0) is 20.1. The van der Waals surface area contributed by atoms with E-state index in [0.717, 1.165) is 17.7 Å². The van der Waals surface area contributed by atoms with E-state index < -0.39 is 5.97 Å². The summed E-state index contributed by atoms with van der Waals surface area (Å²) in [5, 5.41) is 3.54. The van der Waals surface area contributed by atoms with Crippen LogP contribution in [0.1, 0.15) is 37.0 Å². The van der Waals surface area contributed by atoms with Gasteiger partial charge in [0, 0.05) is 11.4 Å². The van der Waals surface area contributed by atoms with E-state index in [4.69, 9.17) is 16.3 Å². The lowest BCUT2D eigenvalue weighted by molar-refractivity contribution is -0.125. The van der Waals surface area contributed by atoms with Crippen LogP contribution in [-0.4, -0.2) is 29.5 Å². The Bertz CT molecular complexity index is 998. The Hall–Kier alpha value is -2.44. The number of fused-ring (bicyclic) bond motifs is 1. The molecule has 5 nitrogen and oxygen atoms in total. The number of nitrogens with one attached hydrogen (secondary N) is 1. The predicted octanol–water partition coefficient (Wildman–Crippen LogP) is 5.08. The van der Waals surface area contributed by atoms with Gasteiger partial charge in [-0.3, -0.25) is 4.79 Å². The summed E-state index contributed by atoms with van der Waals surface area (Å²) in [7, 11) is 0. The van der Waals surface area contributed by atoms with E-state index in [9.17, 15) is 9.59 Å². The second-order valence-electron chi connectivity index (χ2n) is 6.33. The lowest BCUT2D eigenvalue weighted by atomic mass is 10.1. The lowest BCUT2D eigenvalue weighted by Gasteiger charge is -2.15. The molecule has 0 radical (unpaired) electrons. The van der Waals surface area contributed by atoms with E-state index in [1.54, 1.807) is 12.1 Å². The minimum absolute atomic E-state index is 0.0862. The van der Waals surface area contributed by atoms with Gasteiger partial charge in [0.05, 0.1) is 26.0 Å². The molecule has 0 saturated carbocycles. The first-order valence-corrected chi connectivity index (χ1v) is 10.3. The van der Waals surface area contributed by atoms with Crippen LogP contribution >= 0.6 is 22.9 Å². The van der Waals surface area contributed by atoms with Crippen molar-refractivity contribution in [2.75, 3.05) is 6.61 Å². The molecule has 0 bridgehead atoms. The highest BCUT2D eigenvalue weighted by atomic mass is 35.5. The van der Waals surface area contributed by atoms with Crippen molar-refractivity contribution in [3.63, 3.8) is 0 Å². The Kier molecular flexibility index (Phi) is 6.65. The maximum atomic E-state index is 12.7. The van der Waals surface area contributed by atoms with Gasteiger partial charge in [0.15, 0.2) is 6.61 Å². The number of nitrogens with zero attached hydrogens (tertiary/aromatic N) is 1. The van der Waals surface area contributed by atoms with Gasteiger partial charge in [-0.05, 0) is 37.1 Å². The minimum atomic E-state index is -0.554. The first-order valence-electron chi connectivity index (χ1n) is 9.13. The van der Waals surface area contributed by atoms with Crippen molar-refractivity contribution in [2.24, 2.45) is 0 Å². The number of pyridine rings is 1. The van der Waals surface area contributed by atoms with Gasteiger partial charge in [0.25, 0.3) is 5.91 Å². The molecule has 1 N–H and O–H groups in total. The monoisotopic (exact) mass is 416 g/mol. The Labute approximate surface area is 172 Å². The molecule has 1 amide bonds. The van der Waals surface area contributed by atoms with E-state index in [1.165, 1.54) is 11.3 Å². The molecule has 0 saturated heterocycles. The third kappa shape index (κ3) is 4.69. The normalized spacial score (nSPS) is 11.0. The summed E-state index contributed by atoms with van der Waals surface area (Å²) in [6, 6.07) is 12.8. The summed E-state index contributed by atoms with van der Waals surface area (Å²) in [6.07, 6.45) is 1.66. The van der Waals surface area contributed by atoms with Crippen molar-refractivity contribution in [3.05, 3.63) is 52.4 Å². The molecule has 0 unspecified atom stereocenters. The number of carbonyl (C=O) groups is 2. The van der Waals surface area contributed by atoms with Gasteiger partial charge >= 0.3 is 5.97 Å². The van der Waals surface area contributed by atoms with Crippen LogP contribution in [0, 0.1) is 0 Å². The maximum absolute atomic E-state index is 12.7. The number of thiophene rings is 1. The molecule has 28 heavy (non-hydrogen) atoms. The van der Waals surface area contributed by atoms with Crippen LogP contribution in [0.3, 0.4) is 0 Å². The fourth-order valence-electron chi connectivity index (χ4n) is 2.89. The Balaban J connectivity index is 1.84. The second kappa shape index (κ2) is 9.17. The van der Waals surface area contributed by atoms with Gasteiger partial charge in [0.1, 0.15) is 0 Å². The summed E-state index contributed by atoms with van der Waals surface area (Å²) in [4.78, 5) is 30.3. The number of hydrogen-bond acceptors (Lipinski definition) is 5. The molecule has 3 aromatic rings. The fraction of sp³-hybridized carbons (Fsp3) is 0.286. The number of carbonyl (C=O) groups excluding carboxylic acids is 2. The highest BCUT2D eigenvalue weighted by molar-refractivity contribution is 7.19.